The highest BCUT2D eigenvalue weighted by atomic mass is 35.5. The first-order valence-electron chi connectivity index (χ1n) is 16.6. The van der Waals surface area contributed by atoms with Gasteiger partial charge in [0.2, 0.25) is 0 Å². The van der Waals surface area contributed by atoms with E-state index in [1.807, 2.05) is 0 Å². The van der Waals surface area contributed by atoms with Gasteiger partial charge in [0.1, 0.15) is 11.4 Å². The van der Waals surface area contributed by atoms with Crippen LogP contribution in [0.3, 0.4) is 0 Å². The fraction of sp³-hybridized carbons (Fsp3) is 0.371. The second kappa shape index (κ2) is 17.0. The molecule has 2 aliphatic rings. The Hall–Kier alpha value is -3.65. The number of nitrogens with two attached hydrogens (primary N) is 3. The Bertz CT molecular complexity index is 1980. The first kappa shape index (κ1) is 39.6. The van der Waals surface area contributed by atoms with Gasteiger partial charge in [-0.15, -0.1) is 0 Å². The summed E-state index contributed by atoms with van der Waals surface area (Å²) in [7, 11) is 0. The van der Waals surface area contributed by atoms with Gasteiger partial charge in [0.25, 0.3) is 0 Å². The van der Waals surface area contributed by atoms with Crippen LogP contribution in [-0.2, 0) is 9.47 Å². The van der Waals surface area contributed by atoms with Crippen LogP contribution in [-0.4, -0.2) is 64.2 Å². The number of hydrogen-bond donors (Lipinski definition) is 3. The first-order chi connectivity index (χ1) is 24.8. The fourth-order valence-electron chi connectivity index (χ4n) is 6.47. The second-order valence-corrected chi connectivity index (χ2v) is 14.1. The molecule has 52 heavy (non-hydrogen) atoms. The summed E-state index contributed by atoms with van der Waals surface area (Å²) in [6, 6.07) is 10.4. The molecule has 276 valence electrons. The summed E-state index contributed by atoms with van der Waals surface area (Å²) in [5, 5.41) is 1.15. The molecule has 17 heteroatoms. The van der Waals surface area contributed by atoms with Gasteiger partial charge in [0.05, 0.1) is 33.3 Å². The van der Waals surface area contributed by atoms with Crippen molar-refractivity contribution in [2.75, 3.05) is 42.7 Å². The fourth-order valence-corrected chi connectivity index (χ4v) is 7.46. The number of anilines is 3. The van der Waals surface area contributed by atoms with Crippen molar-refractivity contribution >= 4 is 87.4 Å². The van der Waals surface area contributed by atoms with Gasteiger partial charge in [0, 0.05) is 30.3 Å². The Kier molecular flexibility index (Phi) is 12.9. The zero-order valence-electron chi connectivity index (χ0n) is 28.4. The molecule has 0 radical (unpaired) electrons. The number of piperidine rings is 1. The van der Waals surface area contributed by atoms with Gasteiger partial charge in [-0.1, -0.05) is 88.7 Å². The number of esters is 2. The van der Waals surface area contributed by atoms with Crippen molar-refractivity contribution < 1.29 is 19.1 Å². The number of ether oxygens (including phenoxy) is 2. The Morgan fingerprint density at radius 2 is 1.27 bits per heavy atom. The first-order valence-corrected chi connectivity index (χ1v) is 18.4. The molecule has 2 aromatic carbocycles. The molecule has 1 aliphatic heterocycles. The lowest BCUT2D eigenvalue weighted by Gasteiger charge is -2.42. The van der Waals surface area contributed by atoms with Gasteiger partial charge < -0.3 is 31.6 Å². The van der Waals surface area contributed by atoms with Gasteiger partial charge >= 0.3 is 11.9 Å². The maximum Gasteiger partial charge on any atom is 0.360 e. The molecule has 0 amide bonds. The minimum Gasteiger partial charge on any atom is -0.461 e. The van der Waals surface area contributed by atoms with E-state index in [0.717, 1.165) is 38.8 Å². The van der Waals surface area contributed by atoms with E-state index in [9.17, 15) is 9.59 Å². The molecule has 1 aliphatic carbocycles. The number of carbonyl (C=O) groups is 2. The number of nitrogens with zero attached hydrogens (tertiary/aromatic N) is 5. The van der Waals surface area contributed by atoms with Crippen LogP contribution in [0.15, 0.2) is 36.4 Å². The Balaban J connectivity index is 0.000000217. The van der Waals surface area contributed by atoms with E-state index in [1.54, 1.807) is 50.2 Å². The van der Waals surface area contributed by atoms with Crippen molar-refractivity contribution in [3.05, 3.63) is 73.0 Å². The predicted octanol–water partition coefficient (Wildman–Crippen LogP) is 8.17. The highest BCUT2D eigenvalue weighted by Gasteiger charge is 2.43. The molecule has 1 spiro atoms. The largest absolute Gasteiger partial charge is 0.461 e. The lowest BCUT2D eigenvalue weighted by Crippen LogP contribution is -2.47. The Morgan fingerprint density at radius 1 is 0.769 bits per heavy atom. The molecule has 0 unspecified atom stereocenters. The Labute approximate surface area is 326 Å². The molecule has 6 N–H and O–H groups in total. The van der Waals surface area contributed by atoms with Crippen molar-refractivity contribution in [3.8, 4) is 22.5 Å². The van der Waals surface area contributed by atoms with E-state index in [0.29, 0.717) is 37.7 Å². The van der Waals surface area contributed by atoms with Gasteiger partial charge in [-0.25, -0.2) is 29.5 Å². The average Bonchev–Trinajstić information content (AvgIpc) is 3.46. The maximum atomic E-state index is 12.8. The number of carbonyl (C=O) groups excluding carboxylic acids is 2. The summed E-state index contributed by atoms with van der Waals surface area (Å²) in [6.07, 6.45) is 5.33. The molecular formula is C35H37Cl5N8O4. The molecule has 12 nitrogen and oxygen atoms in total. The van der Waals surface area contributed by atoms with Crippen LogP contribution in [0.4, 0.5) is 17.5 Å². The molecule has 4 aromatic rings. The maximum absolute atomic E-state index is 12.8. The van der Waals surface area contributed by atoms with E-state index in [1.165, 1.54) is 6.42 Å². The summed E-state index contributed by atoms with van der Waals surface area (Å²) >= 11 is 30.5. The third-order valence-corrected chi connectivity index (χ3v) is 11.1. The summed E-state index contributed by atoms with van der Waals surface area (Å²) in [5.74, 6) is -0.557. The van der Waals surface area contributed by atoms with Crippen LogP contribution in [0.25, 0.3) is 22.5 Å². The number of nitrogen functional groups attached to an aromatic ring is 2. The van der Waals surface area contributed by atoms with Gasteiger partial charge in [-0.2, -0.15) is 0 Å². The van der Waals surface area contributed by atoms with Crippen molar-refractivity contribution in [1.82, 2.24) is 19.9 Å². The third-order valence-electron chi connectivity index (χ3n) is 9.17. The van der Waals surface area contributed by atoms with E-state index in [4.69, 9.17) is 84.7 Å². The molecule has 1 atom stereocenters. The minimum atomic E-state index is -0.686. The highest BCUT2D eigenvalue weighted by molar-refractivity contribution is 6.44. The summed E-state index contributed by atoms with van der Waals surface area (Å²) in [6.45, 7) is 5.33. The molecule has 2 fully saturated rings. The van der Waals surface area contributed by atoms with Crippen molar-refractivity contribution in [1.29, 1.82) is 0 Å². The molecule has 6 rings (SSSR count). The molecule has 2 aromatic heterocycles. The number of halogens is 5. The number of benzene rings is 2. The third kappa shape index (κ3) is 8.27. The summed E-state index contributed by atoms with van der Waals surface area (Å²) in [5.41, 5.74) is 20.2. The molecule has 3 heterocycles. The van der Waals surface area contributed by atoms with Crippen LogP contribution >= 0.6 is 58.0 Å². The summed E-state index contributed by atoms with van der Waals surface area (Å²) < 4.78 is 10.1. The normalized spacial score (nSPS) is 16.3. The van der Waals surface area contributed by atoms with Crippen LogP contribution < -0.4 is 22.1 Å². The van der Waals surface area contributed by atoms with Crippen LogP contribution in [0.5, 0.6) is 0 Å². The molecular weight excluding hydrogens is 774 g/mol. The van der Waals surface area contributed by atoms with Crippen molar-refractivity contribution in [3.63, 3.8) is 0 Å². The zero-order valence-corrected chi connectivity index (χ0v) is 32.2. The smallest absolute Gasteiger partial charge is 0.360 e. The SMILES string of the molecule is CCOC(=O)c1nc(-c2cccc(Cl)c2Cl)c(N)nc1Cl.CCOC(=O)c1nc(-c2cccc(Cl)c2Cl)c(N)nc1N1CCC2(CCC[C@H]2N)CC1. The van der Waals surface area contributed by atoms with Crippen LogP contribution in [0, 0.1) is 5.41 Å². The number of aromatic nitrogens is 4. The summed E-state index contributed by atoms with van der Waals surface area (Å²) in [4.78, 5) is 43.8. The second-order valence-electron chi connectivity index (χ2n) is 12.2. The molecule has 0 bridgehead atoms. The van der Waals surface area contributed by atoms with Crippen molar-refractivity contribution in [2.24, 2.45) is 11.1 Å². The van der Waals surface area contributed by atoms with Gasteiger partial charge in [-0.05, 0) is 57.1 Å². The van der Waals surface area contributed by atoms with Crippen LogP contribution in [0.2, 0.25) is 25.2 Å². The molecule has 1 saturated carbocycles. The van der Waals surface area contributed by atoms with Gasteiger partial charge in [-0.3, -0.25) is 0 Å². The van der Waals surface area contributed by atoms with E-state index < -0.39 is 11.9 Å². The Morgan fingerprint density at radius 3 is 1.77 bits per heavy atom. The number of hydrogen-bond acceptors (Lipinski definition) is 12. The van der Waals surface area contributed by atoms with E-state index in [-0.39, 0.29) is 63.6 Å². The highest BCUT2D eigenvalue weighted by Crippen LogP contribution is 2.46. The van der Waals surface area contributed by atoms with E-state index >= 15 is 0 Å². The van der Waals surface area contributed by atoms with Crippen molar-refractivity contribution in [2.45, 2.75) is 52.0 Å². The van der Waals surface area contributed by atoms with Gasteiger partial charge in [0.15, 0.2) is 34.0 Å². The van der Waals surface area contributed by atoms with E-state index in [2.05, 4.69) is 24.8 Å². The predicted molar refractivity (Wildman–Crippen MR) is 206 cm³/mol. The average molecular weight is 811 g/mol. The lowest BCUT2D eigenvalue weighted by molar-refractivity contribution is 0.0510. The lowest BCUT2D eigenvalue weighted by atomic mass is 9.74. The quantitative estimate of drug-likeness (QED) is 0.152. The monoisotopic (exact) mass is 808 g/mol. The molecule has 1 saturated heterocycles. The topological polar surface area (TPSA) is 185 Å². The standard InChI is InChI=1S/C22H27Cl2N5O2.C13H10Cl3N3O2/c1-2-31-21(30)18-20(29-11-9-22(10-12-29)8-4-7-15(22)25)28-19(26)17(27-18)13-5-3-6-14(23)16(13)24;1-2-21-13(20)10-11(16)19-12(17)9(18-10)6-4-3-5-7(14)8(6)15/h3,5-6,15H,2,4,7-12,25H2,1H3,(H2,26,28);3-5H,2H2,1H3,(H2,17,19)/t15-;/m1./s1. The number of rotatable bonds is 7. The minimum absolute atomic E-state index is 0.0391. The zero-order chi connectivity index (χ0) is 37.7. The van der Waals surface area contributed by atoms with Crippen LogP contribution in [0.1, 0.15) is 66.9 Å².